The zero-order chi connectivity index (χ0) is 17.5. The third kappa shape index (κ3) is 4.61. The summed E-state index contributed by atoms with van der Waals surface area (Å²) in [6.45, 7) is 5.63. The number of nitrogens with one attached hydrogen (secondary N) is 1. The summed E-state index contributed by atoms with van der Waals surface area (Å²) in [5, 5.41) is 5.37. The van der Waals surface area contributed by atoms with E-state index in [1.807, 2.05) is 60.7 Å². The number of piperidine rings is 1. The van der Waals surface area contributed by atoms with Gasteiger partial charge in [-0.3, -0.25) is 9.65 Å². The van der Waals surface area contributed by atoms with Crippen molar-refractivity contribution in [3.05, 3.63) is 60.7 Å². The fraction of sp³-hybridized carbons (Fsp3) is 0.429. The number of hydrogen-bond acceptors (Lipinski definition) is 2. The van der Waals surface area contributed by atoms with Crippen molar-refractivity contribution in [1.82, 2.24) is 9.99 Å². The van der Waals surface area contributed by atoms with Crippen molar-refractivity contribution in [1.29, 1.82) is 0 Å². The molecular formula is C21H29N2OP. The minimum atomic E-state index is -2.80. The molecule has 0 radical (unpaired) electrons. The van der Waals surface area contributed by atoms with E-state index >= 15 is 0 Å². The summed E-state index contributed by atoms with van der Waals surface area (Å²) >= 11 is 0. The van der Waals surface area contributed by atoms with Gasteiger partial charge < -0.3 is 4.90 Å². The van der Waals surface area contributed by atoms with Gasteiger partial charge >= 0.3 is 0 Å². The van der Waals surface area contributed by atoms with E-state index in [9.17, 15) is 4.57 Å². The summed E-state index contributed by atoms with van der Waals surface area (Å²) in [6.07, 6.45) is 4.64. The molecular weight excluding hydrogens is 327 g/mol. The Morgan fingerprint density at radius 3 is 1.96 bits per heavy atom. The fourth-order valence-corrected chi connectivity index (χ4v) is 6.05. The predicted molar refractivity (Wildman–Crippen MR) is 107 cm³/mol. The first-order chi connectivity index (χ1) is 12.2. The average Bonchev–Trinajstić information content (AvgIpc) is 2.69. The third-order valence-electron chi connectivity index (χ3n) is 5.02. The standard InChI is InChI=1S/C21H29N2OP/c1-2-3-16-23-17-14-19(15-18-23)22-25(24,20-10-6-4-7-11-20)21-12-8-5-9-13-21/h4-13,19H,2-3,14-18H2,1H3,(H,22,24). The smallest absolute Gasteiger partial charge is 0.204 e. The van der Waals surface area contributed by atoms with E-state index in [-0.39, 0.29) is 0 Å². The minimum absolute atomic E-state index is 0.309. The second kappa shape index (κ2) is 8.80. The lowest BCUT2D eigenvalue weighted by Crippen LogP contribution is -2.44. The van der Waals surface area contributed by atoms with E-state index in [1.54, 1.807) is 0 Å². The average molecular weight is 356 g/mol. The van der Waals surface area contributed by atoms with Crippen molar-refractivity contribution in [2.75, 3.05) is 19.6 Å². The zero-order valence-corrected chi connectivity index (χ0v) is 16.0. The number of likely N-dealkylation sites (tertiary alicyclic amines) is 1. The van der Waals surface area contributed by atoms with E-state index in [2.05, 4.69) is 16.9 Å². The Morgan fingerprint density at radius 2 is 1.48 bits per heavy atom. The molecule has 134 valence electrons. The quantitative estimate of drug-likeness (QED) is 0.767. The highest BCUT2D eigenvalue weighted by Crippen LogP contribution is 2.40. The first kappa shape index (κ1) is 18.4. The van der Waals surface area contributed by atoms with E-state index in [0.29, 0.717) is 6.04 Å². The van der Waals surface area contributed by atoms with Crippen molar-refractivity contribution in [2.24, 2.45) is 0 Å². The maximum atomic E-state index is 14.0. The molecule has 25 heavy (non-hydrogen) atoms. The van der Waals surface area contributed by atoms with Gasteiger partial charge in [-0.2, -0.15) is 0 Å². The Hall–Kier alpha value is -1.41. The highest BCUT2D eigenvalue weighted by molar-refractivity contribution is 7.76. The van der Waals surface area contributed by atoms with Crippen LogP contribution in [0.25, 0.3) is 0 Å². The van der Waals surface area contributed by atoms with Crippen LogP contribution < -0.4 is 15.7 Å². The molecule has 1 heterocycles. The molecule has 0 aliphatic carbocycles. The van der Waals surface area contributed by atoms with Crippen molar-refractivity contribution in [2.45, 2.75) is 38.6 Å². The molecule has 3 rings (SSSR count). The summed E-state index contributed by atoms with van der Waals surface area (Å²) in [5.74, 6) is 0. The molecule has 0 bridgehead atoms. The molecule has 0 aromatic heterocycles. The van der Waals surface area contributed by atoms with Crippen LogP contribution in [0.4, 0.5) is 0 Å². The Bertz CT molecular complexity index is 638. The van der Waals surface area contributed by atoms with E-state index in [4.69, 9.17) is 0 Å². The molecule has 3 nitrogen and oxygen atoms in total. The summed E-state index contributed by atoms with van der Waals surface area (Å²) in [4.78, 5) is 2.54. The van der Waals surface area contributed by atoms with Gasteiger partial charge in [-0.1, -0.05) is 49.7 Å². The first-order valence-corrected chi connectivity index (χ1v) is 11.1. The van der Waals surface area contributed by atoms with Gasteiger partial charge in [-0.05, 0) is 63.2 Å². The topological polar surface area (TPSA) is 32.3 Å². The lowest BCUT2D eigenvalue weighted by Gasteiger charge is -2.34. The number of rotatable bonds is 7. The molecule has 0 amide bonds. The van der Waals surface area contributed by atoms with Gasteiger partial charge in [0, 0.05) is 16.7 Å². The van der Waals surface area contributed by atoms with Crippen LogP contribution in [0, 0.1) is 0 Å². The minimum Gasteiger partial charge on any atom is -0.303 e. The Kier molecular flexibility index (Phi) is 6.47. The first-order valence-electron chi connectivity index (χ1n) is 9.44. The van der Waals surface area contributed by atoms with Gasteiger partial charge in [0.2, 0.25) is 7.29 Å². The Morgan fingerprint density at radius 1 is 0.960 bits per heavy atom. The van der Waals surface area contributed by atoms with Crippen LogP contribution in [-0.4, -0.2) is 30.6 Å². The van der Waals surface area contributed by atoms with Gasteiger partial charge in [0.15, 0.2) is 0 Å². The molecule has 2 aromatic carbocycles. The highest BCUT2D eigenvalue weighted by Gasteiger charge is 2.31. The lowest BCUT2D eigenvalue weighted by molar-refractivity contribution is 0.205. The van der Waals surface area contributed by atoms with Crippen LogP contribution in [0.5, 0.6) is 0 Å². The second-order valence-corrected chi connectivity index (χ2v) is 9.39. The van der Waals surface area contributed by atoms with Crippen molar-refractivity contribution in [3.63, 3.8) is 0 Å². The monoisotopic (exact) mass is 356 g/mol. The normalized spacial score (nSPS) is 16.8. The molecule has 1 N–H and O–H groups in total. The van der Waals surface area contributed by atoms with Crippen LogP contribution >= 0.6 is 7.29 Å². The maximum absolute atomic E-state index is 14.0. The SMILES string of the molecule is CCCCN1CCC(NP(=O)(c2ccccc2)c2ccccc2)CC1. The molecule has 0 spiro atoms. The molecule has 1 fully saturated rings. The van der Waals surface area contributed by atoms with Crippen LogP contribution in [0.2, 0.25) is 0 Å². The predicted octanol–water partition coefficient (Wildman–Crippen LogP) is 3.77. The third-order valence-corrected chi connectivity index (χ3v) is 7.80. The lowest BCUT2D eigenvalue weighted by atomic mass is 10.1. The molecule has 0 unspecified atom stereocenters. The largest absolute Gasteiger partial charge is 0.303 e. The fourth-order valence-electron chi connectivity index (χ4n) is 3.50. The van der Waals surface area contributed by atoms with Gasteiger partial charge in [-0.15, -0.1) is 0 Å². The van der Waals surface area contributed by atoms with Crippen molar-refractivity contribution < 1.29 is 4.57 Å². The number of nitrogens with zero attached hydrogens (tertiary/aromatic N) is 1. The van der Waals surface area contributed by atoms with Crippen LogP contribution in [0.3, 0.4) is 0 Å². The maximum Gasteiger partial charge on any atom is 0.204 e. The molecule has 4 heteroatoms. The number of hydrogen-bond donors (Lipinski definition) is 1. The number of benzene rings is 2. The van der Waals surface area contributed by atoms with Crippen LogP contribution in [0.15, 0.2) is 60.7 Å². The number of unbranched alkanes of at least 4 members (excludes halogenated alkanes) is 1. The highest BCUT2D eigenvalue weighted by atomic mass is 31.2. The van der Waals surface area contributed by atoms with Gasteiger partial charge in [0.25, 0.3) is 0 Å². The molecule has 2 aromatic rings. The summed E-state index contributed by atoms with van der Waals surface area (Å²) < 4.78 is 14.0. The van der Waals surface area contributed by atoms with Gasteiger partial charge in [0.05, 0.1) is 0 Å². The van der Waals surface area contributed by atoms with Gasteiger partial charge in [0.1, 0.15) is 0 Å². The Labute approximate surface area is 151 Å². The molecule has 0 atom stereocenters. The Balaban J connectivity index is 1.75. The second-order valence-electron chi connectivity index (χ2n) is 6.88. The molecule has 1 saturated heterocycles. The molecule has 1 aliphatic rings. The molecule has 0 saturated carbocycles. The summed E-state index contributed by atoms with van der Waals surface area (Å²) in [5.41, 5.74) is 0. The van der Waals surface area contributed by atoms with Gasteiger partial charge in [-0.25, -0.2) is 0 Å². The van der Waals surface area contributed by atoms with E-state index in [0.717, 1.165) is 36.5 Å². The van der Waals surface area contributed by atoms with Crippen LogP contribution in [-0.2, 0) is 4.57 Å². The van der Waals surface area contributed by atoms with Crippen molar-refractivity contribution >= 4 is 17.9 Å². The molecule has 1 aliphatic heterocycles. The zero-order valence-electron chi connectivity index (χ0n) is 15.1. The van der Waals surface area contributed by atoms with Crippen molar-refractivity contribution in [3.8, 4) is 0 Å². The van der Waals surface area contributed by atoms with E-state index < -0.39 is 7.29 Å². The van der Waals surface area contributed by atoms with E-state index in [1.165, 1.54) is 19.4 Å². The summed E-state index contributed by atoms with van der Waals surface area (Å²) in [7, 11) is -2.80. The van der Waals surface area contributed by atoms with Crippen LogP contribution in [0.1, 0.15) is 32.6 Å². The summed E-state index contributed by atoms with van der Waals surface area (Å²) in [6, 6.07) is 20.1.